The Morgan fingerprint density at radius 1 is 0.193 bits per heavy atom. The first-order chi connectivity index (χ1) is 89.4. The molecule has 13 nitrogen and oxygen atoms in total. The maximum absolute atomic E-state index is 9.89. The molecular weight excluding hydrogens is 1870 g/mol. The summed E-state index contributed by atoms with van der Waals surface area (Å²) in [5.74, 6) is 3.61. The van der Waals surface area contributed by atoms with Crippen LogP contribution in [-0.2, 0) is 0 Å². The Bertz CT molecular complexity index is 13500. The Morgan fingerprint density at radius 3 is 1.05 bits per heavy atom. The van der Waals surface area contributed by atoms with Crippen LogP contribution in [0.5, 0.6) is 0 Å². The second kappa shape index (κ2) is 34.0. The van der Waals surface area contributed by atoms with Crippen molar-refractivity contribution in [2.75, 3.05) is 0 Å². The molecule has 0 saturated heterocycles. The lowest BCUT2D eigenvalue weighted by Gasteiger charge is -2.10. The van der Waals surface area contributed by atoms with Gasteiger partial charge < -0.3 is 17.6 Å². The molecule has 0 aliphatic rings. The lowest BCUT2D eigenvalue weighted by Crippen LogP contribution is -2.00. The van der Waals surface area contributed by atoms with Crippen LogP contribution in [0.25, 0.3) is 312 Å². The molecular formula is C135H78N12OS2. The van der Waals surface area contributed by atoms with Gasteiger partial charge in [0.05, 0.1) is 104 Å². The summed E-state index contributed by atoms with van der Waals surface area (Å²) in [7, 11) is 0. The zero-order valence-corrected chi connectivity index (χ0v) is 79.0. The first-order valence-electron chi connectivity index (χ1n) is 65.4. The first-order valence-corrected chi connectivity index (χ1v) is 49.1. The normalized spacial score (nSPS) is 15.4. The third-order valence-corrected chi connectivity index (χ3v) is 29.2. The van der Waals surface area contributed by atoms with Crippen molar-refractivity contribution in [1.82, 2.24) is 58.1 Å². The largest absolute Gasteiger partial charge is 0.455 e. The van der Waals surface area contributed by atoms with E-state index in [0.717, 1.165) is 56.1 Å². The molecule has 0 fully saturated rings. The minimum atomic E-state index is -0.567. The average molecular weight is 1980 g/mol. The molecule has 0 unspecified atom stereocenters. The fraction of sp³-hybridized carbons (Fsp3) is 0. The SMILES string of the molecule is [2H]c1c(-c2cccc(-c3nc(-c4ccccc4)nc(-c4ccccc4)n3)c2)c([2H])c2c(sc3c([2H])c4c5c([2H])c([2H])c([2H])c6c7c([2H])c([2H])c([2H])c([2H])c7n(c4c([2H])c32)c65)c1[2H].[2H]c1c([2H])c(-c2cccc(-c3nc(-c4ccccc4)nc(-c4ccccc4)n3)c2)c2c(oc3c2c([2H])c2c4c([2H])c([2H])c([2H])c([2H])c4n4c5c([2H])c([2H])c([2H])c([2H])c5c3c24)c1[2H].[2H]c1c([2H])c([2H])c2c(sc3c2c([2H])c2c4c([2H])c(-c5cccc(-c6nc(-c7ccccc7)nc(-c7ccccc7)n6)c5)c([2H])c([2H])c4n4c5c([2H])c([2H])c([2H])c([2H])c5c3c24)c1[2H]. The van der Waals surface area contributed by atoms with Crippen LogP contribution < -0.4 is 0 Å². The molecule has 150 heavy (non-hydrogen) atoms. The van der Waals surface area contributed by atoms with Crippen LogP contribution in [0.3, 0.4) is 0 Å². The van der Waals surface area contributed by atoms with Gasteiger partial charge in [0.25, 0.3) is 0 Å². The second-order valence-corrected chi connectivity index (χ2v) is 37.7. The van der Waals surface area contributed by atoms with Crippen LogP contribution in [0.4, 0.5) is 0 Å². The molecule has 0 aliphatic heterocycles. The van der Waals surface area contributed by atoms with E-state index in [2.05, 4.69) is 0 Å². The summed E-state index contributed by atoms with van der Waals surface area (Å²) >= 11 is 1.99. The number of fused-ring (bicyclic) bond motifs is 29. The second-order valence-electron chi connectivity index (χ2n) is 35.7. The summed E-state index contributed by atoms with van der Waals surface area (Å²) in [6.07, 6.45) is 0. The number of para-hydroxylation sites is 5. The predicted octanol–water partition coefficient (Wildman–Crippen LogP) is 35.7. The summed E-state index contributed by atoms with van der Waals surface area (Å²) in [6.45, 7) is 0. The smallest absolute Gasteiger partial charge is 0.164 e. The fourth-order valence-electron chi connectivity index (χ4n) is 20.4. The molecule has 696 valence electrons. The van der Waals surface area contributed by atoms with Crippen LogP contribution in [0.2, 0.25) is 0 Å². The van der Waals surface area contributed by atoms with Gasteiger partial charge in [-0.1, -0.05) is 370 Å². The highest BCUT2D eigenvalue weighted by Gasteiger charge is 2.29. The predicted molar refractivity (Wildman–Crippen MR) is 622 cm³/mol. The van der Waals surface area contributed by atoms with Gasteiger partial charge in [-0.3, -0.25) is 0 Å². The molecule has 0 amide bonds. The Kier molecular flexibility index (Phi) is 12.8. The standard InChI is InChI=1S/C45H26N4O.2C45H26N4S/c1-3-13-27(14-4-1)43-46-44(28-15-5-2-6-16-28)48-45(47-43)30-18-11-17-29(25-30)31-21-12-24-38-39(31)35-26-34-32-19-7-9-22-36(32)49-37-23-10-8-20-33(37)40(41(34)49)42(35)50-38;1-3-12-27(13-4-1)43-46-44(28-14-5-2-6-15-28)48-45(47-43)31-17-11-16-29(24-31)30-22-23-38-34(25-30)35-26-36-32-18-8-10-21-39(32)50-42(36)40-33-19-7-9-20-37(33)49(38)41(35)40;1-3-11-27(12-4-1)43-46-44(28-13-5-2-6-14-28)48-45(47-43)31-16-9-15-29(23-31)30-21-22-40-36(24-30)37-25-39-35(26-41(37)50-40)34-19-10-18-33-32-17-7-8-20-38(32)49(39)42(33)34/h3*1-26H/i7D,8D,9D,10D,12D,19D,20D,21D,22D,23D,24D,26D;7D,8D,9D,10D,18D,19D,20D,21D,22D,23D,25D,26D;7D,8D,10D,17D,18D,19D,20D,21D,22D,24D,25D,26D. The quantitative estimate of drug-likeness (QED) is 0.116. The van der Waals surface area contributed by atoms with Gasteiger partial charge in [-0.2, -0.15) is 0 Å². The first kappa shape index (κ1) is 56.5. The molecule has 0 saturated carbocycles. The number of hydrogen-bond donors (Lipinski definition) is 0. The number of thiophene rings is 2. The summed E-state index contributed by atoms with van der Waals surface area (Å²) in [5, 5.41) is 1.43. The van der Waals surface area contributed by atoms with Gasteiger partial charge in [-0.25, -0.2) is 44.9 Å². The topological polar surface area (TPSA) is 142 Å². The molecule has 21 aromatic carbocycles. The number of aromatic nitrogens is 12. The van der Waals surface area contributed by atoms with E-state index in [1.165, 1.54) is 13.2 Å². The monoisotopic (exact) mass is 1980 g/mol. The van der Waals surface area contributed by atoms with Gasteiger partial charge >= 0.3 is 0 Å². The van der Waals surface area contributed by atoms with Crippen LogP contribution >= 0.6 is 22.7 Å². The Hall–Kier alpha value is -19.7. The van der Waals surface area contributed by atoms with E-state index in [9.17, 15) is 15.1 Å². The minimum absolute atomic E-state index is 0.00441. The Morgan fingerprint density at radius 2 is 0.540 bits per heavy atom. The molecule has 0 radical (unpaired) electrons. The third kappa shape index (κ3) is 13.6. The molecule has 0 spiro atoms. The van der Waals surface area contributed by atoms with Gasteiger partial charge in [-0.15, -0.1) is 22.7 Å². The minimum Gasteiger partial charge on any atom is -0.455 e. The van der Waals surface area contributed by atoms with Gasteiger partial charge in [0.1, 0.15) is 11.2 Å². The number of rotatable bonds is 12. The summed E-state index contributed by atoms with van der Waals surface area (Å²) in [6, 6.07) is 63.4. The van der Waals surface area contributed by atoms with Crippen molar-refractivity contribution in [3.05, 3.63) is 472 Å². The van der Waals surface area contributed by atoms with Gasteiger partial charge in [0, 0.05) is 160 Å². The van der Waals surface area contributed by atoms with Crippen molar-refractivity contribution < 1.29 is 53.8 Å². The van der Waals surface area contributed by atoms with Crippen LogP contribution in [-0.4, -0.2) is 58.1 Å². The van der Waals surface area contributed by atoms with Crippen molar-refractivity contribution in [3.8, 4) is 136 Å². The summed E-state index contributed by atoms with van der Waals surface area (Å²) in [4.78, 5) is 43.4. The highest BCUT2D eigenvalue weighted by molar-refractivity contribution is 7.27. The highest BCUT2D eigenvalue weighted by atomic mass is 32.1. The van der Waals surface area contributed by atoms with Gasteiger partial charge in [0.15, 0.2) is 52.4 Å². The van der Waals surface area contributed by atoms with E-state index < -0.39 is 133 Å². The van der Waals surface area contributed by atoms with E-state index in [1.54, 1.807) is 66.7 Å². The molecule has 15 heteroatoms. The Balaban J connectivity index is 0.000000118. The zero-order valence-electron chi connectivity index (χ0n) is 113. The Labute approximate surface area is 914 Å². The number of hydrogen-bond acceptors (Lipinski definition) is 12. The molecule has 33 aromatic rings. The van der Waals surface area contributed by atoms with Crippen LogP contribution in [0.1, 0.15) is 49.3 Å². The molecule has 33 rings (SSSR count). The van der Waals surface area contributed by atoms with E-state index >= 15 is 0 Å². The molecule has 0 atom stereocenters. The average Bonchev–Trinajstić information content (AvgIpc) is 1.50. The van der Waals surface area contributed by atoms with Crippen molar-refractivity contribution in [3.63, 3.8) is 0 Å². The maximum atomic E-state index is 9.89. The van der Waals surface area contributed by atoms with Crippen LogP contribution in [0, 0.1) is 0 Å². The van der Waals surface area contributed by atoms with Crippen molar-refractivity contribution in [1.29, 1.82) is 0 Å². The van der Waals surface area contributed by atoms with Gasteiger partial charge in [-0.05, 0) is 136 Å². The lowest BCUT2D eigenvalue weighted by atomic mass is 9.96. The van der Waals surface area contributed by atoms with Crippen LogP contribution in [0.15, 0.2) is 477 Å². The molecule has 12 aromatic heterocycles. The zero-order chi connectivity index (χ0) is 130. The maximum Gasteiger partial charge on any atom is 0.164 e. The van der Waals surface area contributed by atoms with E-state index in [0.29, 0.717) is 90.5 Å². The summed E-state index contributed by atoms with van der Waals surface area (Å²) < 4.78 is 337. The van der Waals surface area contributed by atoms with Crippen molar-refractivity contribution in [2.45, 2.75) is 0 Å². The van der Waals surface area contributed by atoms with E-state index in [1.807, 2.05) is 188 Å². The molecule has 12 heterocycles. The van der Waals surface area contributed by atoms with Gasteiger partial charge in [0.2, 0.25) is 0 Å². The van der Waals surface area contributed by atoms with Crippen molar-refractivity contribution in [2.24, 2.45) is 0 Å². The fourth-order valence-corrected chi connectivity index (χ4v) is 22.5. The van der Waals surface area contributed by atoms with Crippen molar-refractivity contribution >= 4 is 199 Å². The van der Waals surface area contributed by atoms with E-state index in [-0.39, 0.29) is 273 Å². The number of furan rings is 1. The molecule has 0 N–H and O–H groups in total. The third-order valence-electron chi connectivity index (χ3n) is 27.1. The molecule has 0 aliphatic carbocycles. The summed E-state index contributed by atoms with van der Waals surface area (Å²) in [5.41, 5.74) is 7.84. The molecule has 0 bridgehead atoms. The lowest BCUT2D eigenvalue weighted by molar-refractivity contribution is 0.673. The number of benzene rings is 21. The van der Waals surface area contributed by atoms with E-state index in [4.69, 9.17) is 83.5 Å². The highest BCUT2D eigenvalue weighted by Crippen LogP contribution is 2.53. The number of nitrogens with zero attached hydrogens (tertiary/aromatic N) is 12.